The maximum atomic E-state index is 14.3. The minimum absolute atomic E-state index is 0.0334. The molecule has 18 atom stereocenters. The summed E-state index contributed by atoms with van der Waals surface area (Å²) in [6.07, 6.45) is 7.57. The molecular formula is C69H129O24P. The second-order valence-electron chi connectivity index (χ2n) is 26.7. The second-order valence-corrected chi connectivity index (χ2v) is 28.1. The fourth-order valence-corrected chi connectivity index (χ4v) is 13.3. The molecule has 0 aromatic heterocycles. The minimum Gasteiger partial charge on any atom is -0.463 e. The molecule has 24 nitrogen and oxygen atoms in total. The summed E-state index contributed by atoms with van der Waals surface area (Å²) in [5.41, 5.74) is 0. The molecule has 3 fully saturated rings. The summed E-state index contributed by atoms with van der Waals surface area (Å²) in [4.78, 5) is 50.9. The Hall–Kier alpha value is -2.04. The van der Waals surface area contributed by atoms with Crippen LogP contribution in [0.4, 0.5) is 0 Å². The number of phosphoric ester groups is 1. The molecule has 2 saturated heterocycles. The van der Waals surface area contributed by atoms with Crippen LogP contribution >= 0.6 is 7.82 Å². The van der Waals surface area contributed by atoms with E-state index in [2.05, 4.69) is 20.8 Å². The maximum absolute atomic E-state index is 14.3. The van der Waals surface area contributed by atoms with E-state index in [-0.39, 0.29) is 19.3 Å². The van der Waals surface area contributed by atoms with Crippen LogP contribution in [0.1, 0.15) is 290 Å². The topological polar surface area (TPSA) is 374 Å². The van der Waals surface area contributed by atoms with Crippen molar-refractivity contribution in [2.45, 2.75) is 395 Å². The number of hydrogen-bond donors (Lipinski definition) is 11. The van der Waals surface area contributed by atoms with Gasteiger partial charge in [0.2, 0.25) is 0 Å². The molecule has 3 aliphatic rings. The van der Waals surface area contributed by atoms with Gasteiger partial charge in [0.25, 0.3) is 0 Å². The first-order valence-electron chi connectivity index (χ1n) is 36.8. The molecule has 0 aromatic rings. The van der Waals surface area contributed by atoms with Crippen molar-refractivity contribution in [2.24, 2.45) is 0 Å². The molecule has 1 saturated carbocycles. The lowest BCUT2D eigenvalue weighted by atomic mass is 9.84. The van der Waals surface area contributed by atoms with Gasteiger partial charge in [-0.15, -0.1) is 0 Å². The Morgan fingerprint density at radius 2 is 0.681 bits per heavy atom. The molecule has 0 aromatic carbocycles. The third kappa shape index (κ3) is 35.3. The Bertz CT molecular complexity index is 1960. The van der Waals surface area contributed by atoms with Crippen LogP contribution in [-0.2, 0) is 61.2 Å². The van der Waals surface area contributed by atoms with Crippen LogP contribution < -0.4 is 0 Å². The van der Waals surface area contributed by atoms with Gasteiger partial charge in [-0.3, -0.25) is 23.4 Å². The standard InChI is InChI=1S/C69H129O24P/c1-4-7-10-13-16-19-22-24-26-29-32-35-38-41-44-54(72)86-49-52-57(75)59(77)64(82)69(90-52)92-66-62(80)60(78)61(79)65(91-68-63(81)58(76)56(74)51(46-70)89-68)67(66)93-94(83,84)87-48-50(47-85-53(71)43-40-37-34-31-28-21-18-15-12-9-6-3)88-55(73)45-42-39-36-33-30-27-25-23-20-17-14-11-8-5-2/h50-52,56-70,74-82H,4-49H2,1-3H3,(H,83,84). The van der Waals surface area contributed by atoms with E-state index in [0.29, 0.717) is 19.3 Å². The Kier molecular flexibility index (Phi) is 47.7. The third-order valence-corrected chi connectivity index (χ3v) is 19.4. The summed E-state index contributed by atoms with van der Waals surface area (Å²) in [6, 6.07) is 0. The Morgan fingerprint density at radius 3 is 1.04 bits per heavy atom. The molecule has 3 rings (SSSR count). The molecule has 554 valence electrons. The van der Waals surface area contributed by atoms with Crippen molar-refractivity contribution < 1.29 is 117 Å². The first kappa shape index (κ1) is 86.2. The minimum atomic E-state index is -5.69. The number of hydrogen-bond acceptors (Lipinski definition) is 23. The van der Waals surface area contributed by atoms with Crippen LogP contribution in [0.15, 0.2) is 0 Å². The van der Waals surface area contributed by atoms with E-state index < -0.39 is 156 Å². The Labute approximate surface area is 561 Å². The lowest BCUT2D eigenvalue weighted by Crippen LogP contribution is -2.69. The number of unbranched alkanes of at least 4 members (excludes halogenated alkanes) is 36. The lowest BCUT2D eigenvalue weighted by Gasteiger charge is -2.49. The van der Waals surface area contributed by atoms with Crippen molar-refractivity contribution in [1.82, 2.24) is 0 Å². The highest BCUT2D eigenvalue weighted by Gasteiger charge is 2.58. The van der Waals surface area contributed by atoms with Gasteiger partial charge >= 0.3 is 25.7 Å². The number of aliphatic hydroxyl groups is 10. The van der Waals surface area contributed by atoms with Crippen LogP contribution in [0.5, 0.6) is 0 Å². The zero-order chi connectivity index (χ0) is 68.9. The number of carbonyl (C=O) groups excluding carboxylic acids is 3. The highest BCUT2D eigenvalue weighted by molar-refractivity contribution is 7.47. The highest BCUT2D eigenvalue weighted by atomic mass is 31.2. The van der Waals surface area contributed by atoms with Crippen molar-refractivity contribution in [1.29, 1.82) is 0 Å². The van der Waals surface area contributed by atoms with E-state index in [1.54, 1.807) is 0 Å². The van der Waals surface area contributed by atoms with Crippen LogP contribution in [0.25, 0.3) is 0 Å². The molecular weight excluding hydrogens is 1240 g/mol. The molecule has 0 amide bonds. The largest absolute Gasteiger partial charge is 0.472 e. The number of phosphoric acid groups is 1. The number of rotatable bonds is 57. The zero-order valence-corrected chi connectivity index (χ0v) is 58.4. The number of carbonyl (C=O) groups is 3. The average Bonchev–Trinajstić information content (AvgIpc) is 0.808. The van der Waals surface area contributed by atoms with Crippen LogP contribution in [-0.4, -0.2) is 204 Å². The van der Waals surface area contributed by atoms with Gasteiger partial charge in [0, 0.05) is 19.3 Å². The van der Waals surface area contributed by atoms with Crippen molar-refractivity contribution in [3.05, 3.63) is 0 Å². The molecule has 2 heterocycles. The van der Waals surface area contributed by atoms with Crippen molar-refractivity contribution >= 4 is 25.7 Å². The summed E-state index contributed by atoms with van der Waals surface area (Å²) in [6.45, 7) is 3.44. The van der Waals surface area contributed by atoms with Crippen LogP contribution in [0, 0.1) is 0 Å². The van der Waals surface area contributed by atoms with Gasteiger partial charge in [0.15, 0.2) is 18.7 Å². The molecule has 18 unspecified atom stereocenters. The SMILES string of the molecule is CCCCCCCCCCCCCCCCC(=O)OCC1OC(OC2C(O)C(O)C(O)C(OC3OC(CO)C(O)C(O)C3O)C2OP(=O)(O)OCC(COC(=O)CCCCCCCCCCCCC)OC(=O)CCCCCCCCCCCCCCCC)C(O)C(O)C1O. The molecule has 0 radical (unpaired) electrons. The van der Waals surface area contributed by atoms with Gasteiger partial charge in [-0.1, -0.05) is 252 Å². The second kappa shape index (κ2) is 52.0. The van der Waals surface area contributed by atoms with Gasteiger partial charge in [0.05, 0.1) is 13.2 Å². The highest BCUT2D eigenvalue weighted by Crippen LogP contribution is 2.49. The average molecular weight is 1370 g/mol. The predicted octanol–water partition coefficient (Wildman–Crippen LogP) is 9.40. The first-order chi connectivity index (χ1) is 45.3. The maximum Gasteiger partial charge on any atom is 0.472 e. The van der Waals surface area contributed by atoms with E-state index >= 15 is 0 Å². The van der Waals surface area contributed by atoms with Crippen molar-refractivity contribution in [3.63, 3.8) is 0 Å². The molecule has 1 aliphatic carbocycles. The fraction of sp³-hybridized carbons (Fsp3) is 0.957. The van der Waals surface area contributed by atoms with Gasteiger partial charge in [-0.2, -0.15) is 0 Å². The smallest absolute Gasteiger partial charge is 0.463 e. The van der Waals surface area contributed by atoms with Crippen LogP contribution in [0.3, 0.4) is 0 Å². The molecule has 0 spiro atoms. The summed E-state index contributed by atoms with van der Waals surface area (Å²) >= 11 is 0. The molecule has 0 bridgehead atoms. The number of aliphatic hydroxyl groups excluding tert-OH is 10. The lowest BCUT2D eigenvalue weighted by molar-refractivity contribution is -0.360. The van der Waals surface area contributed by atoms with E-state index in [4.69, 9.17) is 42.2 Å². The number of esters is 3. The summed E-state index contributed by atoms with van der Waals surface area (Å²) < 4.78 is 64.9. The van der Waals surface area contributed by atoms with Crippen LogP contribution in [0.2, 0.25) is 0 Å². The van der Waals surface area contributed by atoms with E-state index in [9.17, 15) is 74.9 Å². The van der Waals surface area contributed by atoms with E-state index in [1.165, 1.54) is 135 Å². The van der Waals surface area contributed by atoms with E-state index in [0.717, 1.165) is 96.3 Å². The third-order valence-electron chi connectivity index (χ3n) is 18.4. The van der Waals surface area contributed by atoms with E-state index in [1.807, 2.05) is 0 Å². The fourth-order valence-electron chi connectivity index (χ4n) is 12.3. The predicted molar refractivity (Wildman–Crippen MR) is 352 cm³/mol. The number of ether oxygens (including phenoxy) is 7. The Morgan fingerprint density at radius 1 is 0.372 bits per heavy atom. The molecule has 94 heavy (non-hydrogen) atoms. The van der Waals surface area contributed by atoms with Crippen molar-refractivity contribution in [3.8, 4) is 0 Å². The normalized spacial score (nSPS) is 28.2. The summed E-state index contributed by atoms with van der Waals surface area (Å²) in [5, 5.41) is 110. The van der Waals surface area contributed by atoms with Gasteiger partial charge < -0.3 is 89.1 Å². The summed E-state index contributed by atoms with van der Waals surface area (Å²) in [5.74, 6) is -1.98. The molecule has 25 heteroatoms. The first-order valence-corrected chi connectivity index (χ1v) is 38.3. The monoisotopic (exact) mass is 1370 g/mol. The summed E-state index contributed by atoms with van der Waals surface area (Å²) in [7, 11) is -5.69. The van der Waals surface area contributed by atoms with Gasteiger partial charge in [-0.05, 0) is 19.3 Å². The van der Waals surface area contributed by atoms with Crippen molar-refractivity contribution in [2.75, 3.05) is 26.4 Å². The quantitative estimate of drug-likeness (QED) is 0.0117. The van der Waals surface area contributed by atoms with Gasteiger partial charge in [-0.25, -0.2) is 4.57 Å². The molecule has 2 aliphatic heterocycles. The van der Waals surface area contributed by atoms with Gasteiger partial charge in [0.1, 0.15) is 98.7 Å². The Balaban J connectivity index is 1.74. The zero-order valence-electron chi connectivity index (χ0n) is 57.5. The molecule has 11 N–H and O–H groups in total.